The lowest BCUT2D eigenvalue weighted by molar-refractivity contribution is -0.142. The molecule has 1 N–H and O–H groups in total. The lowest BCUT2D eigenvalue weighted by atomic mass is 10.2. The number of ether oxygens (including phenoxy) is 1. The first-order valence-electron chi connectivity index (χ1n) is 3.79. The van der Waals surface area contributed by atoms with E-state index in [0.717, 1.165) is 0 Å². The molecule has 1 heterocycles. The largest absolute Gasteiger partial charge is 0.480 e. The van der Waals surface area contributed by atoms with E-state index in [1.807, 2.05) is 0 Å². The molecule has 1 fully saturated rings. The van der Waals surface area contributed by atoms with Gasteiger partial charge in [0.25, 0.3) is 0 Å². The number of nitrogens with zero attached hydrogens (tertiary/aromatic N) is 1. The van der Waals surface area contributed by atoms with Gasteiger partial charge in [-0.2, -0.15) is 0 Å². The molecule has 0 saturated carbocycles. The zero-order valence-electron chi connectivity index (χ0n) is 6.82. The van der Waals surface area contributed by atoms with Crippen LogP contribution in [0.1, 0.15) is 13.3 Å². The Labute approximate surface area is 69.9 Å². The van der Waals surface area contributed by atoms with E-state index < -0.39 is 18.1 Å². The molecule has 5 nitrogen and oxygen atoms in total. The molecule has 1 unspecified atom stereocenters. The lowest BCUT2D eigenvalue weighted by Crippen LogP contribution is -2.46. The summed E-state index contributed by atoms with van der Waals surface area (Å²) in [5.74, 6) is -1.01. The number of amides is 1. The molecule has 0 bridgehead atoms. The predicted molar refractivity (Wildman–Crippen MR) is 39.8 cm³/mol. The van der Waals surface area contributed by atoms with Gasteiger partial charge in [-0.3, -0.25) is 4.90 Å². The minimum Gasteiger partial charge on any atom is -0.480 e. The smallest absolute Gasteiger partial charge is 0.410 e. The van der Waals surface area contributed by atoms with Crippen molar-refractivity contribution in [3.63, 3.8) is 0 Å². The molecule has 1 aliphatic heterocycles. The van der Waals surface area contributed by atoms with Gasteiger partial charge in [0.05, 0.1) is 6.61 Å². The zero-order chi connectivity index (χ0) is 9.14. The molecular weight excluding hydrogens is 162 g/mol. The molecule has 1 amide bonds. The first-order chi connectivity index (χ1) is 5.63. The van der Waals surface area contributed by atoms with E-state index in [2.05, 4.69) is 4.74 Å². The normalized spacial score (nSPS) is 20.1. The van der Waals surface area contributed by atoms with Crippen LogP contribution < -0.4 is 0 Å². The second-order valence-electron chi connectivity index (χ2n) is 2.68. The van der Waals surface area contributed by atoms with Crippen LogP contribution >= 0.6 is 0 Å². The van der Waals surface area contributed by atoms with Gasteiger partial charge in [-0.15, -0.1) is 0 Å². The standard InChI is InChI=1S/C7H11NO4/c1-5(6(9)10)8-3-2-4-12-7(8)11/h5H,2-4H2,1H3,(H,9,10). The van der Waals surface area contributed by atoms with Crippen molar-refractivity contribution in [2.24, 2.45) is 0 Å². The highest BCUT2D eigenvalue weighted by Gasteiger charge is 2.28. The highest BCUT2D eigenvalue weighted by atomic mass is 16.6. The molecule has 1 atom stereocenters. The summed E-state index contributed by atoms with van der Waals surface area (Å²) < 4.78 is 4.69. The maximum absolute atomic E-state index is 11.0. The quantitative estimate of drug-likeness (QED) is 0.652. The van der Waals surface area contributed by atoms with Crippen molar-refractivity contribution in [2.45, 2.75) is 19.4 Å². The van der Waals surface area contributed by atoms with Crippen LogP contribution in [-0.2, 0) is 9.53 Å². The maximum Gasteiger partial charge on any atom is 0.410 e. The number of rotatable bonds is 2. The molecule has 0 radical (unpaired) electrons. The second-order valence-corrected chi connectivity index (χ2v) is 2.68. The molecule has 0 aromatic heterocycles. The summed E-state index contributed by atoms with van der Waals surface area (Å²) >= 11 is 0. The Morgan fingerprint density at radius 2 is 2.42 bits per heavy atom. The van der Waals surface area contributed by atoms with Gasteiger partial charge in [-0.1, -0.05) is 0 Å². The topological polar surface area (TPSA) is 66.8 Å². The Kier molecular flexibility index (Phi) is 2.52. The molecule has 1 rings (SSSR count). The van der Waals surface area contributed by atoms with Crippen LogP contribution in [0.15, 0.2) is 0 Å². The molecule has 1 aliphatic rings. The third kappa shape index (κ3) is 1.66. The van der Waals surface area contributed by atoms with Gasteiger partial charge in [0.15, 0.2) is 0 Å². The highest BCUT2D eigenvalue weighted by molar-refractivity contribution is 5.79. The van der Waals surface area contributed by atoms with Gasteiger partial charge in [-0.05, 0) is 13.3 Å². The summed E-state index contributed by atoms with van der Waals surface area (Å²) in [6.45, 7) is 2.32. The molecule has 5 heteroatoms. The van der Waals surface area contributed by atoms with Crippen LogP contribution in [0.5, 0.6) is 0 Å². The van der Waals surface area contributed by atoms with Crippen molar-refractivity contribution in [1.29, 1.82) is 0 Å². The Balaban J connectivity index is 2.59. The van der Waals surface area contributed by atoms with E-state index in [1.54, 1.807) is 0 Å². The predicted octanol–water partition coefficient (Wildman–Crippen LogP) is 0.302. The van der Waals surface area contributed by atoms with Crippen molar-refractivity contribution in [3.05, 3.63) is 0 Å². The number of carboxylic acid groups (broad SMARTS) is 1. The van der Waals surface area contributed by atoms with Crippen LogP contribution in [-0.4, -0.2) is 41.3 Å². The van der Waals surface area contributed by atoms with E-state index in [-0.39, 0.29) is 0 Å². The van der Waals surface area contributed by atoms with Gasteiger partial charge < -0.3 is 9.84 Å². The van der Waals surface area contributed by atoms with E-state index >= 15 is 0 Å². The van der Waals surface area contributed by atoms with E-state index in [1.165, 1.54) is 11.8 Å². The van der Waals surface area contributed by atoms with Crippen LogP contribution in [0.2, 0.25) is 0 Å². The summed E-state index contributed by atoms with van der Waals surface area (Å²) in [6, 6.07) is -0.794. The molecule has 1 saturated heterocycles. The zero-order valence-corrected chi connectivity index (χ0v) is 6.82. The molecule has 68 valence electrons. The van der Waals surface area contributed by atoms with Gasteiger partial charge in [0.2, 0.25) is 0 Å². The van der Waals surface area contributed by atoms with Gasteiger partial charge >= 0.3 is 12.1 Å². The third-order valence-electron chi connectivity index (χ3n) is 1.83. The molecule has 0 aromatic rings. The fourth-order valence-electron chi connectivity index (χ4n) is 1.05. The molecule has 0 spiro atoms. The molecule has 12 heavy (non-hydrogen) atoms. The Morgan fingerprint density at radius 3 is 2.92 bits per heavy atom. The van der Waals surface area contributed by atoms with Gasteiger partial charge in [0.1, 0.15) is 6.04 Å². The van der Waals surface area contributed by atoms with Crippen LogP contribution in [0, 0.1) is 0 Å². The van der Waals surface area contributed by atoms with Crippen molar-refractivity contribution >= 4 is 12.1 Å². The maximum atomic E-state index is 11.0. The number of carboxylic acids is 1. The summed E-state index contributed by atoms with van der Waals surface area (Å²) in [7, 11) is 0. The Morgan fingerprint density at radius 1 is 1.75 bits per heavy atom. The van der Waals surface area contributed by atoms with Crippen molar-refractivity contribution in [2.75, 3.05) is 13.2 Å². The van der Waals surface area contributed by atoms with E-state index in [9.17, 15) is 9.59 Å². The first kappa shape index (κ1) is 8.83. The number of hydrogen-bond acceptors (Lipinski definition) is 3. The fraction of sp³-hybridized carbons (Fsp3) is 0.714. The van der Waals surface area contributed by atoms with Gasteiger partial charge in [0, 0.05) is 6.54 Å². The number of hydrogen-bond donors (Lipinski definition) is 1. The number of aliphatic carboxylic acids is 1. The fourth-order valence-corrected chi connectivity index (χ4v) is 1.05. The summed E-state index contributed by atoms with van der Waals surface area (Å²) in [6.07, 6.45) is 0.166. The van der Waals surface area contributed by atoms with Crippen LogP contribution in [0.25, 0.3) is 0 Å². The summed E-state index contributed by atoms with van der Waals surface area (Å²) in [4.78, 5) is 22.7. The number of carbonyl (C=O) groups is 2. The lowest BCUT2D eigenvalue weighted by Gasteiger charge is -2.29. The van der Waals surface area contributed by atoms with Gasteiger partial charge in [-0.25, -0.2) is 9.59 Å². The third-order valence-corrected chi connectivity index (χ3v) is 1.83. The van der Waals surface area contributed by atoms with Crippen molar-refractivity contribution < 1.29 is 19.4 Å². The van der Waals surface area contributed by atoms with Crippen LogP contribution in [0.3, 0.4) is 0 Å². The number of cyclic esters (lactones) is 1. The number of carbonyl (C=O) groups excluding carboxylic acids is 1. The average Bonchev–Trinajstić information content (AvgIpc) is 2.04. The monoisotopic (exact) mass is 173 g/mol. The summed E-state index contributed by atoms with van der Waals surface area (Å²) in [5, 5.41) is 8.60. The second kappa shape index (κ2) is 3.42. The Bertz CT molecular complexity index is 204. The Hall–Kier alpha value is -1.26. The SMILES string of the molecule is CC(C(=O)O)N1CCCOC1=O. The van der Waals surface area contributed by atoms with Crippen molar-refractivity contribution in [3.8, 4) is 0 Å². The van der Waals surface area contributed by atoms with E-state index in [0.29, 0.717) is 19.6 Å². The van der Waals surface area contributed by atoms with Crippen LogP contribution in [0.4, 0.5) is 4.79 Å². The molecule has 0 aliphatic carbocycles. The molecular formula is C7H11NO4. The van der Waals surface area contributed by atoms with E-state index in [4.69, 9.17) is 5.11 Å². The van der Waals surface area contributed by atoms with Crippen molar-refractivity contribution in [1.82, 2.24) is 4.90 Å². The first-order valence-corrected chi connectivity index (χ1v) is 3.79. The minimum absolute atomic E-state index is 0.391. The minimum atomic E-state index is -1.01. The molecule has 0 aromatic carbocycles. The highest BCUT2D eigenvalue weighted by Crippen LogP contribution is 2.08. The average molecular weight is 173 g/mol. The summed E-state index contributed by atoms with van der Waals surface area (Å²) in [5.41, 5.74) is 0.